The second kappa shape index (κ2) is 11.9. The fourth-order valence-electron chi connectivity index (χ4n) is 7.16. The molecular formula is C40H26F3N3OS2. The van der Waals surface area contributed by atoms with Crippen LogP contribution in [-0.2, 0) is 12.8 Å². The predicted molar refractivity (Wildman–Crippen MR) is 191 cm³/mol. The Morgan fingerprint density at radius 1 is 0.653 bits per heavy atom. The van der Waals surface area contributed by atoms with Gasteiger partial charge in [-0.05, 0) is 103 Å². The number of halogens is 3. The molecule has 0 amide bonds. The number of pyridine rings is 1. The molecule has 0 aliphatic heterocycles. The first-order valence-electron chi connectivity index (χ1n) is 15.8. The van der Waals surface area contributed by atoms with Crippen LogP contribution in [0, 0.1) is 0 Å². The fourth-order valence-corrected chi connectivity index (χ4v) is 9.45. The first-order valence-corrected chi connectivity index (χ1v) is 18.0. The highest BCUT2D eigenvalue weighted by Gasteiger charge is 2.37. The van der Waals surface area contributed by atoms with Gasteiger partial charge in [0.05, 0.1) is 16.7 Å². The van der Waals surface area contributed by atoms with Crippen LogP contribution in [0.1, 0.15) is 22.3 Å². The molecule has 0 unspecified atom stereocenters. The van der Waals surface area contributed by atoms with Gasteiger partial charge in [-0.15, -0.1) is 0 Å². The molecule has 2 aliphatic carbocycles. The Morgan fingerprint density at radius 2 is 1.35 bits per heavy atom. The number of para-hydroxylation sites is 2. The van der Waals surface area contributed by atoms with Crippen LogP contribution in [0.3, 0.4) is 0 Å². The topological polar surface area (TPSA) is 50.8 Å². The van der Waals surface area contributed by atoms with Gasteiger partial charge in [0.25, 0.3) is 0 Å². The van der Waals surface area contributed by atoms with Crippen LogP contribution >= 0.6 is 21.6 Å². The van der Waals surface area contributed by atoms with Crippen LogP contribution in [0.15, 0.2) is 125 Å². The number of hydrogen-bond donors (Lipinski definition) is 1. The number of nitrogens with zero attached hydrogens (tertiary/aromatic N) is 2. The maximum Gasteiger partial charge on any atom is 0.422 e. The first-order chi connectivity index (χ1) is 23.9. The van der Waals surface area contributed by atoms with Crippen molar-refractivity contribution in [2.24, 2.45) is 0 Å². The summed E-state index contributed by atoms with van der Waals surface area (Å²) < 4.78 is 48.2. The molecule has 0 spiro atoms. The van der Waals surface area contributed by atoms with Crippen LogP contribution in [-0.4, -0.2) is 27.7 Å². The van der Waals surface area contributed by atoms with Crippen LogP contribution < -0.4 is 4.74 Å². The number of aromatic amines is 1. The maximum atomic E-state index is 14.1. The summed E-state index contributed by atoms with van der Waals surface area (Å²) in [5, 5.41) is 0.734. The minimum atomic E-state index is -4.53. The van der Waals surface area contributed by atoms with E-state index in [1.165, 1.54) is 16.4 Å². The number of fused-ring (bicyclic) bond motifs is 7. The SMILES string of the molecule is FC(F)(F)COc1c2c(c(SSc3nc4ccccc4[nH]3)c(-c3ccccn3)c1-c1cccc3c1Cc1ccccc1-3)Cc1ccccc1-2. The Kier molecular flexibility index (Phi) is 7.28. The van der Waals surface area contributed by atoms with E-state index in [4.69, 9.17) is 14.7 Å². The zero-order valence-electron chi connectivity index (χ0n) is 25.8. The molecule has 7 aromatic rings. The lowest BCUT2D eigenvalue weighted by molar-refractivity contribution is -0.153. The van der Waals surface area contributed by atoms with E-state index in [1.54, 1.807) is 17.0 Å². The molecule has 49 heavy (non-hydrogen) atoms. The van der Waals surface area contributed by atoms with E-state index in [1.807, 2.05) is 91.0 Å². The third kappa shape index (κ3) is 5.28. The molecule has 0 saturated heterocycles. The van der Waals surface area contributed by atoms with Crippen molar-refractivity contribution in [3.8, 4) is 50.4 Å². The van der Waals surface area contributed by atoms with Gasteiger partial charge >= 0.3 is 6.18 Å². The number of hydrogen-bond acceptors (Lipinski definition) is 5. The van der Waals surface area contributed by atoms with E-state index in [-0.39, 0.29) is 5.75 Å². The molecule has 4 nitrogen and oxygen atoms in total. The molecule has 2 aromatic heterocycles. The van der Waals surface area contributed by atoms with Crippen molar-refractivity contribution in [2.75, 3.05) is 6.61 Å². The Hall–Kier alpha value is -4.99. The molecule has 0 bridgehead atoms. The molecule has 1 N–H and O–H groups in total. The first kappa shape index (κ1) is 30.1. The van der Waals surface area contributed by atoms with E-state index < -0.39 is 12.8 Å². The highest BCUT2D eigenvalue weighted by molar-refractivity contribution is 8.76. The average Bonchev–Trinajstić information content (AvgIpc) is 3.83. The van der Waals surface area contributed by atoms with Crippen LogP contribution in [0.2, 0.25) is 0 Å². The van der Waals surface area contributed by atoms with Gasteiger partial charge in [-0.3, -0.25) is 4.98 Å². The second-order valence-electron chi connectivity index (χ2n) is 12.1. The van der Waals surface area contributed by atoms with E-state index in [9.17, 15) is 13.2 Å². The summed E-state index contributed by atoms with van der Waals surface area (Å²) in [5.41, 5.74) is 12.7. The van der Waals surface area contributed by atoms with Crippen LogP contribution in [0.25, 0.3) is 55.7 Å². The molecule has 2 aliphatic rings. The van der Waals surface area contributed by atoms with Gasteiger partial charge < -0.3 is 9.72 Å². The van der Waals surface area contributed by atoms with Gasteiger partial charge in [-0.1, -0.05) is 84.9 Å². The molecule has 9 rings (SSSR count). The van der Waals surface area contributed by atoms with Crippen molar-refractivity contribution in [1.29, 1.82) is 0 Å². The highest BCUT2D eigenvalue weighted by atomic mass is 33.1. The van der Waals surface area contributed by atoms with Gasteiger partial charge in [0.1, 0.15) is 5.75 Å². The van der Waals surface area contributed by atoms with Gasteiger partial charge in [-0.25, -0.2) is 4.98 Å². The molecule has 0 saturated carbocycles. The van der Waals surface area contributed by atoms with Crippen LogP contribution in [0.4, 0.5) is 13.2 Å². The third-order valence-corrected chi connectivity index (χ3v) is 11.4. The quantitative estimate of drug-likeness (QED) is 0.169. The molecule has 9 heteroatoms. The van der Waals surface area contributed by atoms with Crippen molar-refractivity contribution >= 4 is 32.6 Å². The number of imidazole rings is 1. The van der Waals surface area contributed by atoms with Gasteiger partial charge in [0.2, 0.25) is 0 Å². The number of benzene rings is 5. The summed E-state index contributed by atoms with van der Waals surface area (Å²) in [6.45, 7) is -1.41. The van der Waals surface area contributed by atoms with E-state index in [0.29, 0.717) is 29.7 Å². The standard InChI is InChI=1S/C40H26F3N3OS2/c41-40(42,43)22-47-37-34-26-13-4-2-11-24(26)21-30(34)38(48-49-39-45-31-16-5-6-17-32(31)46-39)36(33-18-7-8-19-44-33)35(37)28-15-9-14-27-25-12-3-1-10-23(25)20-29(27)28/h1-19H,20-22H2,(H,45,46). The molecule has 0 radical (unpaired) electrons. The zero-order valence-corrected chi connectivity index (χ0v) is 27.5. The van der Waals surface area contributed by atoms with Crippen molar-refractivity contribution < 1.29 is 17.9 Å². The molecule has 240 valence electrons. The summed E-state index contributed by atoms with van der Waals surface area (Å²) in [7, 11) is 3.05. The third-order valence-electron chi connectivity index (χ3n) is 9.15. The van der Waals surface area contributed by atoms with E-state index in [0.717, 1.165) is 65.6 Å². The molecular weight excluding hydrogens is 660 g/mol. The number of H-pyrrole nitrogens is 1. The Bertz CT molecular complexity index is 2370. The van der Waals surface area contributed by atoms with Gasteiger partial charge in [-0.2, -0.15) is 13.2 Å². The smallest absolute Gasteiger partial charge is 0.422 e. The number of ether oxygens (including phenoxy) is 1. The summed E-state index contributed by atoms with van der Waals surface area (Å²) in [5.74, 6) is 0.236. The minimum Gasteiger partial charge on any atom is -0.483 e. The lowest BCUT2D eigenvalue weighted by Crippen LogP contribution is -2.20. The maximum absolute atomic E-state index is 14.1. The second-order valence-corrected chi connectivity index (χ2v) is 14.2. The van der Waals surface area contributed by atoms with Crippen LogP contribution in [0.5, 0.6) is 5.75 Å². The number of rotatable bonds is 7. The Balaban J connectivity index is 1.35. The summed E-state index contributed by atoms with van der Waals surface area (Å²) in [6, 6.07) is 35.9. The van der Waals surface area contributed by atoms with Crippen molar-refractivity contribution in [3.63, 3.8) is 0 Å². The minimum absolute atomic E-state index is 0.236. The van der Waals surface area contributed by atoms with Crippen molar-refractivity contribution in [1.82, 2.24) is 15.0 Å². The number of nitrogens with one attached hydrogen (secondary N) is 1. The Morgan fingerprint density at radius 3 is 2.14 bits per heavy atom. The predicted octanol–water partition coefficient (Wildman–Crippen LogP) is 11.2. The Labute approximate surface area is 288 Å². The lowest BCUT2D eigenvalue weighted by atomic mass is 9.86. The number of alkyl halides is 3. The summed E-state index contributed by atoms with van der Waals surface area (Å²) in [6.07, 6.45) is -1.60. The molecule has 2 heterocycles. The fraction of sp³-hybridized carbons (Fsp3) is 0.100. The van der Waals surface area contributed by atoms with Gasteiger partial charge in [0, 0.05) is 27.8 Å². The largest absolute Gasteiger partial charge is 0.483 e. The summed E-state index contributed by atoms with van der Waals surface area (Å²) in [4.78, 5) is 14.0. The van der Waals surface area contributed by atoms with Crippen molar-refractivity contribution in [3.05, 3.63) is 138 Å². The van der Waals surface area contributed by atoms with E-state index >= 15 is 0 Å². The molecule has 5 aromatic carbocycles. The monoisotopic (exact) mass is 685 g/mol. The van der Waals surface area contributed by atoms with Crippen molar-refractivity contribution in [2.45, 2.75) is 29.1 Å². The molecule has 0 atom stereocenters. The highest BCUT2D eigenvalue weighted by Crippen LogP contribution is 2.59. The van der Waals surface area contributed by atoms with E-state index in [2.05, 4.69) is 23.2 Å². The number of aromatic nitrogens is 3. The van der Waals surface area contributed by atoms with Gasteiger partial charge in [0.15, 0.2) is 11.8 Å². The lowest BCUT2D eigenvalue weighted by Gasteiger charge is -2.25. The summed E-state index contributed by atoms with van der Waals surface area (Å²) >= 11 is 0. The molecule has 0 fully saturated rings. The zero-order chi connectivity index (χ0) is 33.1. The average molecular weight is 686 g/mol. The normalized spacial score (nSPS) is 12.9.